The van der Waals surface area contributed by atoms with E-state index >= 15 is 0 Å². The monoisotopic (exact) mass is 263 g/mol. The molecule has 19 heavy (non-hydrogen) atoms. The summed E-state index contributed by atoms with van der Waals surface area (Å²) >= 11 is 0. The van der Waals surface area contributed by atoms with Gasteiger partial charge in [-0.05, 0) is 26.0 Å². The van der Waals surface area contributed by atoms with Gasteiger partial charge in [0.2, 0.25) is 0 Å². The minimum atomic E-state index is -0.546. The second kappa shape index (κ2) is 7.92. The molecule has 0 bridgehead atoms. The van der Waals surface area contributed by atoms with Crippen LogP contribution in [0.1, 0.15) is 13.8 Å². The zero-order chi connectivity index (χ0) is 14.1. The third-order valence-corrected chi connectivity index (χ3v) is 2.11. The number of carbonyl (C=O) groups is 2. The molecule has 1 aromatic rings. The van der Waals surface area contributed by atoms with Crippen LogP contribution in [0.2, 0.25) is 0 Å². The predicted octanol–water partition coefficient (Wildman–Crippen LogP) is 2.14. The van der Waals surface area contributed by atoms with Crippen molar-refractivity contribution in [1.29, 1.82) is 0 Å². The highest BCUT2D eigenvalue weighted by atomic mass is 16.5. The van der Waals surface area contributed by atoms with E-state index < -0.39 is 11.9 Å². The minimum absolute atomic E-state index is 0.330. The Labute approximate surface area is 112 Å². The van der Waals surface area contributed by atoms with Crippen LogP contribution in [-0.4, -0.2) is 25.1 Å². The summed E-state index contributed by atoms with van der Waals surface area (Å²) < 4.78 is 10.1. The number of nitrogens with one attached hydrogen (secondary N) is 1. The smallest absolute Gasteiger partial charge is 0.330 e. The molecule has 1 aromatic carbocycles. The number of hydrogen-bond acceptors (Lipinski definition) is 4. The molecule has 0 aliphatic carbocycles. The number of para-hydroxylation sites is 2. The summed E-state index contributed by atoms with van der Waals surface area (Å²) in [6.07, 6.45) is 2.80. The van der Waals surface area contributed by atoms with Gasteiger partial charge in [-0.1, -0.05) is 18.2 Å². The Balaban J connectivity index is 2.54. The van der Waals surface area contributed by atoms with E-state index in [1.54, 1.807) is 31.2 Å². The maximum Gasteiger partial charge on any atom is 0.330 e. The molecule has 0 saturated heterocycles. The van der Waals surface area contributed by atoms with Gasteiger partial charge in [-0.2, -0.15) is 0 Å². The number of esters is 1. The van der Waals surface area contributed by atoms with Crippen molar-refractivity contribution < 1.29 is 19.1 Å². The topological polar surface area (TPSA) is 64.6 Å². The first-order valence-electron chi connectivity index (χ1n) is 5.98. The van der Waals surface area contributed by atoms with Crippen molar-refractivity contribution in [3.63, 3.8) is 0 Å². The Kier molecular flexibility index (Phi) is 6.15. The normalized spacial score (nSPS) is 10.2. The molecule has 102 valence electrons. The van der Waals surface area contributed by atoms with E-state index in [9.17, 15) is 9.59 Å². The second-order valence-electron chi connectivity index (χ2n) is 3.59. The third kappa shape index (κ3) is 5.25. The maximum atomic E-state index is 11.6. The van der Waals surface area contributed by atoms with Crippen LogP contribution in [0.3, 0.4) is 0 Å². The van der Waals surface area contributed by atoms with Crippen LogP contribution in [0.25, 0.3) is 0 Å². The molecule has 0 radical (unpaired) electrons. The molecule has 5 nitrogen and oxygen atoms in total. The SMILES string of the molecule is CC=CC(=O)OCC(=O)Nc1ccccc1OCC. The molecule has 0 aliphatic rings. The first-order valence-corrected chi connectivity index (χ1v) is 5.98. The highest BCUT2D eigenvalue weighted by Gasteiger charge is 2.08. The van der Waals surface area contributed by atoms with Gasteiger partial charge in [0.1, 0.15) is 5.75 Å². The van der Waals surface area contributed by atoms with Crippen LogP contribution < -0.4 is 10.1 Å². The summed E-state index contributed by atoms with van der Waals surface area (Å²) in [7, 11) is 0. The van der Waals surface area contributed by atoms with E-state index in [0.717, 1.165) is 0 Å². The largest absolute Gasteiger partial charge is 0.492 e. The summed E-state index contributed by atoms with van der Waals surface area (Å²) in [5.74, 6) is -0.376. The Morgan fingerprint density at radius 3 is 2.74 bits per heavy atom. The highest BCUT2D eigenvalue weighted by molar-refractivity contribution is 5.94. The Hall–Kier alpha value is -2.30. The van der Waals surface area contributed by atoms with E-state index in [1.165, 1.54) is 6.08 Å². The van der Waals surface area contributed by atoms with Crippen LogP contribution >= 0.6 is 0 Å². The zero-order valence-electron chi connectivity index (χ0n) is 11.0. The lowest BCUT2D eigenvalue weighted by Crippen LogP contribution is -2.20. The van der Waals surface area contributed by atoms with Crippen molar-refractivity contribution in [2.24, 2.45) is 0 Å². The summed E-state index contributed by atoms with van der Waals surface area (Å²) in [5, 5.41) is 2.63. The Bertz CT molecular complexity index is 468. The number of anilines is 1. The zero-order valence-corrected chi connectivity index (χ0v) is 11.0. The molecule has 0 atom stereocenters. The lowest BCUT2D eigenvalue weighted by molar-refractivity contribution is -0.142. The van der Waals surface area contributed by atoms with Crippen LogP contribution in [0.4, 0.5) is 5.69 Å². The Morgan fingerprint density at radius 2 is 2.05 bits per heavy atom. The van der Waals surface area contributed by atoms with Gasteiger partial charge >= 0.3 is 5.97 Å². The van der Waals surface area contributed by atoms with Crippen LogP contribution in [0.15, 0.2) is 36.4 Å². The lowest BCUT2D eigenvalue weighted by Gasteiger charge is -2.10. The van der Waals surface area contributed by atoms with Crippen molar-refractivity contribution in [2.75, 3.05) is 18.5 Å². The van der Waals surface area contributed by atoms with Crippen molar-refractivity contribution in [3.8, 4) is 5.75 Å². The summed E-state index contributed by atoms with van der Waals surface area (Å²) in [6, 6.07) is 7.07. The molecule has 0 aliphatic heterocycles. The maximum absolute atomic E-state index is 11.6. The third-order valence-electron chi connectivity index (χ3n) is 2.11. The fourth-order valence-electron chi connectivity index (χ4n) is 1.36. The fourth-order valence-corrected chi connectivity index (χ4v) is 1.36. The molecule has 0 heterocycles. The number of rotatable bonds is 6. The number of carbonyl (C=O) groups excluding carboxylic acids is 2. The molecule has 1 amide bonds. The molecular weight excluding hydrogens is 246 g/mol. The standard InChI is InChI=1S/C14H17NO4/c1-3-7-14(17)19-10-13(16)15-11-8-5-6-9-12(11)18-4-2/h3,5-9H,4,10H2,1-2H3,(H,15,16). The van der Waals surface area contributed by atoms with Crippen LogP contribution in [-0.2, 0) is 14.3 Å². The number of ether oxygens (including phenoxy) is 2. The number of allylic oxidation sites excluding steroid dienone is 1. The average Bonchev–Trinajstić information content (AvgIpc) is 2.39. The van der Waals surface area contributed by atoms with Gasteiger partial charge in [-0.25, -0.2) is 4.79 Å². The average molecular weight is 263 g/mol. The van der Waals surface area contributed by atoms with Gasteiger partial charge in [0.25, 0.3) is 5.91 Å². The summed E-state index contributed by atoms with van der Waals surface area (Å²) in [4.78, 5) is 22.7. The van der Waals surface area contributed by atoms with Crippen LogP contribution in [0.5, 0.6) is 5.75 Å². The summed E-state index contributed by atoms with van der Waals surface area (Å²) in [6.45, 7) is 3.73. The van der Waals surface area contributed by atoms with E-state index in [-0.39, 0.29) is 6.61 Å². The molecule has 0 spiro atoms. The number of hydrogen-bond donors (Lipinski definition) is 1. The van der Waals surface area contributed by atoms with E-state index in [4.69, 9.17) is 9.47 Å². The first kappa shape index (κ1) is 14.8. The molecule has 1 rings (SSSR count). The molecule has 5 heteroatoms. The van der Waals surface area contributed by atoms with Gasteiger partial charge in [-0.15, -0.1) is 0 Å². The summed E-state index contributed by atoms with van der Waals surface area (Å²) in [5.41, 5.74) is 0.552. The number of amides is 1. The molecule has 0 aromatic heterocycles. The van der Waals surface area contributed by atoms with Gasteiger partial charge in [0.05, 0.1) is 12.3 Å². The van der Waals surface area contributed by atoms with Crippen molar-refractivity contribution in [3.05, 3.63) is 36.4 Å². The van der Waals surface area contributed by atoms with E-state index in [1.807, 2.05) is 13.0 Å². The van der Waals surface area contributed by atoms with Crippen LogP contribution in [0, 0.1) is 0 Å². The number of benzene rings is 1. The molecule has 0 unspecified atom stereocenters. The van der Waals surface area contributed by atoms with Crippen molar-refractivity contribution in [1.82, 2.24) is 0 Å². The lowest BCUT2D eigenvalue weighted by atomic mass is 10.3. The molecule has 0 fully saturated rings. The minimum Gasteiger partial charge on any atom is -0.492 e. The van der Waals surface area contributed by atoms with Gasteiger partial charge in [-0.3, -0.25) is 4.79 Å². The fraction of sp³-hybridized carbons (Fsp3) is 0.286. The van der Waals surface area contributed by atoms with Gasteiger partial charge < -0.3 is 14.8 Å². The molecular formula is C14H17NO4. The predicted molar refractivity (Wildman–Crippen MR) is 72.0 cm³/mol. The van der Waals surface area contributed by atoms with Gasteiger partial charge in [0, 0.05) is 6.08 Å². The quantitative estimate of drug-likeness (QED) is 0.631. The Morgan fingerprint density at radius 1 is 1.32 bits per heavy atom. The highest BCUT2D eigenvalue weighted by Crippen LogP contribution is 2.23. The second-order valence-corrected chi connectivity index (χ2v) is 3.59. The van der Waals surface area contributed by atoms with E-state index in [2.05, 4.69) is 5.32 Å². The van der Waals surface area contributed by atoms with Crippen molar-refractivity contribution >= 4 is 17.6 Å². The molecule has 0 saturated carbocycles. The van der Waals surface area contributed by atoms with Gasteiger partial charge in [0.15, 0.2) is 6.61 Å². The van der Waals surface area contributed by atoms with Crippen molar-refractivity contribution in [2.45, 2.75) is 13.8 Å². The molecule has 1 N–H and O–H groups in total. The first-order chi connectivity index (χ1) is 9.17. The van der Waals surface area contributed by atoms with E-state index in [0.29, 0.717) is 18.0 Å².